The highest BCUT2D eigenvalue weighted by atomic mass is 127. The topological polar surface area (TPSA) is 52.0 Å². The van der Waals surface area contributed by atoms with E-state index in [1.54, 1.807) is 0 Å². The molecule has 0 fully saturated rings. The molecule has 6 heteroatoms. The lowest BCUT2D eigenvalue weighted by Crippen LogP contribution is -1.96. The van der Waals surface area contributed by atoms with Gasteiger partial charge in [-0.25, -0.2) is 0 Å². The molecule has 84 valence electrons. The van der Waals surface area contributed by atoms with Crippen molar-refractivity contribution in [2.45, 2.75) is 12.2 Å². The minimum Gasteiger partial charge on any atom is -0.380 e. The van der Waals surface area contributed by atoms with Crippen LogP contribution in [0.5, 0.6) is 0 Å². The first-order valence-corrected chi connectivity index (χ1v) is 7.91. The van der Waals surface area contributed by atoms with Crippen LogP contribution in [0.3, 0.4) is 0 Å². The highest BCUT2D eigenvalue weighted by Crippen LogP contribution is 2.39. The van der Waals surface area contributed by atoms with Gasteiger partial charge in [-0.15, -0.1) is 11.3 Å². The summed E-state index contributed by atoms with van der Waals surface area (Å²) in [4.78, 5) is 2.64. The lowest BCUT2D eigenvalue weighted by atomic mass is 10.2. The van der Waals surface area contributed by atoms with Crippen molar-refractivity contribution in [2.24, 2.45) is 0 Å². The van der Waals surface area contributed by atoms with Gasteiger partial charge >= 0.3 is 0 Å². The SMILES string of the molecule is Nc1noc(-c2cc3c(s2)CCSC3)c1I. The summed E-state index contributed by atoms with van der Waals surface area (Å²) in [7, 11) is 0. The summed E-state index contributed by atoms with van der Waals surface area (Å²) in [5.74, 6) is 3.65. The number of hydrogen-bond donors (Lipinski definition) is 1. The summed E-state index contributed by atoms with van der Waals surface area (Å²) in [6, 6.07) is 2.22. The first kappa shape index (κ1) is 10.9. The van der Waals surface area contributed by atoms with E-state index >= 15 is 0 Å². The lowest BCUT2D eigenvalue weighted by molar-refractivity contribution is 0.436. The van der Waals surface area contributed by atoms with Crippen molar-refractivity contribution in [1.82, 2.24) is 5.16 Å². The van der Waals surface area contributed by atoms with Gasteiger partial charge in [0.15, 0.2) is 11.6 Å². The monoisotopic (exact) mass is 364 g/mol. The molecule has 3 heterocycles. The molecule has 0 aromatic carbocycles. The third-order valence-electron chi connectivity index (χ3n) is 2.51. The predicted molar refractivity (Wildman–Crippen MR) is 76.8 cm³/mol. The second-order valence-electron chi connectivity index (χ2n) is 3.57. The summed E-state index contributed by atoms with van der Waals surface area (Å²) in [5, 5.41) is 3.80. The van der Waals surface area contributed by atoms with E-state index in [4.69, 9.17) is 10.3 Å². The molecule has 0 aliphatic carbocycles. The highest BCUT2D eigenvalue weighted by molar-refractivity contribution is 14.1. The van der Waals surface area contributed by atoms with Crippen LogP contribution in [0.15, 0.2) is 10.6 Å². The summed E-state index contributed by atoms with van der Waals surface area (Å²) in [5.41, 5.74) is 7.13. The molecule has 0 saturated heterocycles. The van der Waals surface area contributed by atoms with E-state index in [-0.39, 0.29) is 0 Å². The maximum absolute atomic E-state index is 5.69. The molecule has 0 atom stereocenters. The zero-order valence-corrected chi connectivity index (χ0v) is 12.1. The van der Waals surface area contributed by atoms with Gasteiger partial charge in [0.2, 0.25) is 0 Å². The van der Waals surface area contributed by atoms with Crippen molar-refractivity contribution >= 4 is 51.5 Å². The molecule has 3 rings (SSSR count). The summed E-state index contributed by atoms with van der Waals surface area (Å²) in [6.07, 6.45) is 1.17. The number of fused-ring (bicyclic) bond motifs is 1. The Balaban J connectivity index is 2.07. The quantitative estimate of drug-likeness (QED) is 0.789. The highest BCUT2D eigenvalue weighted by Gasteiger charge is 2.19. The molecule has 0 bridgehead atoms. The van der Waals surface area contributed by atoms with Crippen LogP contribution in [-0.4, -0.2) is 10.9 Å². The average Bonchev–Trinajstić information content (AvgIpc) is 2.84. The Kier molecular flexibility index (Phi) is 2.88. The third kappa shape index (κ3) is 1.76. The van der Waals surface area contributed by atoms with E-state index in [0.29, 0.717) is 5.82 Å². The molecule has 2 aromatic rings. The number of nitrogen functional groups attached to an aromatic ring is 1. The molecule has 1 aliphatic heterocycles. The van der Waals surface area contributed by atoms with Crippen molar-refractivity contribution < 1.29 is 4.52 Å². The van der Waals surface area contributed by atoms with Gasteiger partial charge in [-0.05, 0) is 46.4 Å². The Labute approximate surface area is 115 Å². The van der Waals surface area contributed by atoms with E-state index < -0.39 is 0 Å². The Bertz CT molecular complexity index is 511. The maximum atomic E-state index is 5.69. The normalized spacial score (nSPS) is 15.1. The second-order valence-corrected chi connectivity index (χ2v) is 6.89. The van der Waals surface area contributed by atoms with Crippen LogP contribution in [0.2, 0.25) is 0 Å². The lowest BCUT2D eigenvalue weighted by Gasteiger charge is -2.08. The van der Waals surface area contributed by atoms with E-state index in [1.165, 1.54) is 22.6 Å². The number of aromatic nitrogens is 1. The molecule has 1 aliphatic rings. The summed E-state index contributed by atoms with van der Waals surface area (Å²) >= 11 is 5.98. The average molecular weight is 364 g/mol. The zero-order chi connectivity index (χ0) is 11.1. The second kappa shape index (κ2) is 4.23. The molecular formula is C10H9IN2OS2. The summed E-state index contributed by atoms with van der Waals surface area (Å²) < 4.78 is 6.20. The third-order valence-corrected chi connectivity index (χ3v) is 5.80. The van der Waals surface area contributed by atoms with Crippen LogP contribution in [0, 0.1) is 3.57 Å². The minimum absolute atomic E-state index is 0.483. The van der Waals surface area contributed by atoms with E-state index in [2.05, 4.69) is 33.8 Å². The predicted octanol–water partition coefficient (Wildman–Crippen LogP) is 3.38. The van der Waals surface area contributed by atoms with Gasteiger partial charge < -0.3 is 10.3 Å². The van der Waals surface area contributed by atoms with Crippen LogP contribution in [0.25, 0.3) is 10.6 Å². The molecule has 2 N–H and O–H groups in total. The molecule has 0 radical (unpaired) electrons. The van der Waals surface area contributed by atoms with Crippen LogP contribution < -0.4 is 5.73 Å². The van der Waals surface area contributed by atoms with Crippen LogP contribution in [-0.2, 0) is 12.2 Å². The molecule has 0 saturated carbocycles. The van der Waals surface area contributed by atoms with Crippen molar-refractivity contribution in [3.8, 4) is 10.6 Å². The zero-order valence-electron chi connectivity index (χ0n) is 8.33. The number of aryl methyl sites for hydroxylation is 1. The van der Waals surface area contributed by atoms with E-state index in [0.717, 1.165) is 20.0 Å². The van der Waals surface area contributed by atoms with Crippen molar-refractivity contribution in [1.29, 1.82) is 0 Å². The van der Waals surface area contributed by atoms with Crippen molar-refractivity contribution in [3.63, 3.8) is 0 Å². The molecule has 0 unspecified atom stereocenters. The van der Waals surface area contributed by atoms with Gasteiger partial charge in [0.25, 0.3) is 0 Å². The molecule has 3 nitrogen and oxygen atoms in total. The Morgan fingerprint density at radius 3 is 3.06 bits per heavy atom. The Morgan fingerprint density at radius 1 is 1.50 bits per heavy atom. The van der Waals surface area contributed by atoms with E-state index in [9.17, 15) is 0 Å². The largest absolute Gasteiger partial charge is 0.380 e. The summed E-state index contributed by atoms with van der Waals surface area (Å²) in [6.45, 7) is 0. The van der Waals surface area contributed by atoms with Crippen molar-refractivity contribution in [3.05, 3.63) is 20.1 Å². The standard InChI is InChI=1S/C10H9IN2OS2/c11-8-9(14-13-10(8)12)7-3-5-4-15-2-1-6(5)16-7/h3H,1-2,4H2,(H2,12,13). The first-order chi connectivity index (χ1) is 7.75. The fourth-order valence-electron chi connectivity index (χ4n) is 1.70. The van der Waals surface area contributed by atoms with Gasteiger partial charge in [0, 0.05) is 10.6 Å². The fourth-order valence-corrected chi connectivity index (χ4v) is 4.73. The molecule has 16 heavy (non-hydrogen) atoms. The van der Waals surface area contributed by atoms with Gasteiger partial charge in [0.1, 0.15) is 3.57 Å². The number of anilines is 1. The Morgan fingerprint density at radius 2 is 2.38 bits per heavy atom. The number of hydrogen-bond acceptors (Lipinski definition) is 5. The van der Waals surface area contributed by atoms with Gasteiger partial charge in [0.05, 0.1) is 4.88 Å². The fraction of sp³-hybridized carbons (Fsp3) is 0.300. The Hall–Kier alpha value is -0.210. The first-order valence-electron chi connectivity index (χ1n) is 4.86. The molecule has 0 amide bonds. The minimum atomic E-state index is 0.483. The molecule has 0 spiro atoms. The number of nitrogens with zero attached hydrogens (tertiary/aromatic N) is 1. The van der Waals surface area contributed by atoms with Gasteiger partial charge in [-0.2, -0.15) is 11.8 Å². The number of halogens is 1. The molecular weight excluding hydrogens is 355 g/mol. The smallest absolute Gasteiger partial charge is 0.192 e. The maximum Gasteiger partial charge on any atom is 0.192 e. The number of thioether (sulfide) groups is 1. The number of nitrogens with two attached hydrogens (primary N) is 1. The van der Waals surface area contributed by atoms with Gasteiger partial charge in [-0.1, -0.05) is 5.16 Å². The van der Waals surface area contributed by atoms with Crippen LogP contribution in [0.1, 0.15) is 10.4 Å². The van der Waals surface area contributed by atoms with Crippen LogP contribution >= 0.6 is 45.7 Å². The van der Waals surface area contributed by atoms with Crippen molar-refractivity contribution in [2.75, 3.05) is 11.5 Å². The number of thiophene rings is 1. The number of rotatable bonds is 1. The molecule has 2 aromatic heterocycles. The van der Waals surface area contributed by atoms with Gasteiger partial charge in [-0.3, -0.25) is 0 Å². The van der Waals surface area contributed by atoms with E-state index in [1.807, 2.05) is 23.1 Å². The van der Waals surface area contributed by atoms with Crippen LogP contribution in [0.4, 0.5) is 5.82 Å².